The Morgan fingerprint density at radius 3 is 1.64 bits per heavy atom. The minimum Gasteiger partial charge on any atom is -0.294 e. The molecule has 64 heavy (non-hydrogen) atoms. The smallest absolute Gasteiger partial charge is 0.238 e. The molecule has 0 saturated heterocycles. The van der Waals surface area contributed by atoms with Crippen molar-refractivity contribution in [3.8, 4) is 45.9 Å². The van der Waals surface area contributed by atoms with Crippen molar-refractivity contribution in [2.24, 2.45) is 0 Å². The highest BCUT2D eigenvalue weighted by Crippen LogP contribution is 2.44. The Bertz CT molecular complexity index is 3530. The Morgan fingerprint density at radius 2 is 1.02 bits per heavy atom. The van der Waals surface area contributed by atoms with Crippen LogP contribution < -0.4 is 0 Å². The summed E-state index contributed by atoms with van der Waals surface area (Å²) >= 11 is 0. The molecule has 6 aromatic heterocycles. The number of hydrogen-bond acceptors (Lipinski definition) is 8. The molecule has 6 heterocycles. The van der Waals surface area contributed by atoms with Crippen molar-refractivity contribution >= 4 is 54.8 Å². The van der Waals surface area contributed by atoms with Crippen LogP contribution in [0.5, 0.6) is 0 Å². The first-order valence-corrected chi connectivity index (χ1v) is 22.5. The topological polar surface area (TPSA) is 113 Å². The summed E-state index contributed by atoms with van der Waals surface area (Å²) in [6.45, 7) is 0. The van der Waals surface area contributed by atoms with Gasteiger partial charge in [-0.05, 0) is 97.2 Å². The molecule has 0 N–H and O–H groups in total. The van der Waals surface area contributed by atoms with Crippen LogP contribution in [0.3, 0.4) is 0 Å². The lowest BCUT2D eigenvalue weighted by atomic mass is 9.95. The van der Waals surface area contributed by atoms with Gasteiger partial charge in [0.1, 0.15) is 23.4 Å². The number of benzene rings is 5. The molecule has 0 atom stereocenters. The first kappa shape index (κ1) is 36.9. The van der Waals surface area contributed by atoms with Gasteiger partial charge >= 0.3 is 0 Å². The molecular formula is C54H42N10. The fraction of sp³-hybridized carbons (Fsp3) is 0.185. The summed E-state index contributed by atoms with van der Waals surface area (Å²) in [7, 11) is 0. The van der Waals surface area contributed by atoms with Gasteiger partial charge in [0.25, 0.3) is 0 Å². The lowest BCUT2D eigenvalue weighted by Crippen LogP contribution is -2.06. The fourth-order valence-electron chi connectivity index (χ4n) is 10.5. The van der Waals surface area contributed by atoms with Crippen LogP contribution in [0, 0.1) is 0 Å². The predicted octanol–water partition coefficient (Wildman–Crippen LogP) is 12.5. The number of nitrogens with zero attached hydrogens (tertiary/aromatic N) is 10. The van der Waals surface area contributed by atoms with Crippen molar-refractivity contribution in [2.45, 2.75) is 63.2 Å². The van der Waals surface area contributed by atoms with Crippen LogP contribution >= 0.6 is 0 Å². The third-order valence-electron chi connectivity index (χ3n) is 13.7. The molecular weight excluding hydrogens is 789 g/mol. The number of rotatable bonds is 7. The molecule has 0 bridgehead atoms. The maximum absolute atomic E-state index is 5.32. The molecule has 0 amide bonds. The van der Waals surface area contributed by atoms with Gasteiger partial charge in [0, 0.05) is 32.7 Å². The van der Waals surface area contributed by atoms with Crippen molar-refractivity contribution in [3.05, 3.63) is 157 Å². The monoisotopic (exact) mass is 830 g/mol. The first-order valence-electron chi connectivity index (χ1n) is 22.5. The summed E-state index contributed by atoms with van der Waals surface area (Å²) in [6.07, 6.45) is 14.9. The Hall–Kier alpha value is -7.72. The minimum absolute atomic E-state index is 0.551. The molecule has 0 spiro atoms. The summed E-state index contributed by atoms with van der Waals surface area (Å²) in [5.41, 5.74) is 11.6. The van der Waals surface area contributed by atoms with Crippen molar-refractivity contribution in [3.63, 3.8) is 0 Å². The Balaban J connectivity index is 1.10. The van der Waals surface area contributed by atoms with Gasteiger partial charge in [0.2, 0.25) is 5.95 Å². The molecule has 10 nitrogen and oxygen atoms in total. The molecule has 2 aliphatic carbocycles. The highest BCUT2D eigenvalue weighted by atomic mass is 15.2. The van der Waals surface area contributed by atoms with Crippen LogP contribution in [0.15, 0.2) is 146 Å². The average molecular weight is 831 g/mol. The molecule has 2 saturated carbocycles. The van der Waals surface area contributed by atoms with E-state index in [-0.39, 0.29) is 0 Å². The largest absolute Gasteiger partial charge is 0.294 e. The lowest BCUT2D eigenvalue weighted by molar-refractivity contribution is 0.724. The summed E-state index contributed by atoms with van der Waals surface area (Å²) < 4.78 is 4.60. The van der Waals surface area contributed by atoms with Gasteiger partial charge in [0.05, 0.1) is 40.2 Å². The third kappa shape index (κ3) is 6.15. The third-order valence-corrected chi connectivity index (χ3v) is 13.7. The number of fused-ring (bicyclic) bond motifs is 7. The quantitative estimate of drug-likeness (QED) is 0.156. The van der Waals surface area contributed by atoms with Crippen LogP contribution in [0.1, 0.15) is 74.3 Å². The SMILES string of the molecule is c1ccc(-c2nc(-c3ccccc3)nc(-n3c4ccc(C5CCCC5)cc4c4cc5c(cc43)c3cc(C4CCCC4)ccc3n5-c3cccc(-c4cnc5ncncc5n4)n3)n2)cc1. The molecule has 0 radical (unpaired) electrons. The molecule has 2 fully saturated rings. The Labute approximate surface area is 368 Å². The van der Waals surface area contributed by atoms with E-state index in [0.29, 0.717) is 46.3 Å². The van der Waals surface area contributed by atoms with Crippen molar-refractivity contribution < 1.29 is 0 Å². The molecule has 11 aromatic rings. The molecule has 5 aromatic carbocycles. The van der Waals surface area contributed by atoms with Gasteiger partial charge in [-0.3, -0.25) is 9.13 Å². The van der Waals surface area contributed by atoms with Crippen LogP contribution in [0.25, 0.3) is 101 Å². The van der Waals surface area contributed by atoms with Crippen LogP contribution in [-0.2, 0) is 0 Å². The van der Waals surface area contributed by atoms with Gasteiger partial charge in [-0.1, -0.05) is 105 Å². The van der Waals surface area contributed by atoms with Gasteiger partial charge in [-0.25, -0.2) is 29.9 Å². The standard InChI is InChI=1S/C54H42N10/c1-3-16-35(17-4-1)51-60-52(36-18-5-2-6-19-36)62-54(61-51)64-47-25-23-38(34-14-9-10-15-34)27-40(47)42-28-48-41(29-49(42)64)39-26-37(33-12-7-8-13-33)22-24-46(39)63(48)50-21-11-20-43(59-50)44-31-56-53-45(58-44)30-55-32-57-53/h1-6,11,16-34H,7-10,12-15H2. The zero-order chi connectivity index (χ0) is 42.1. The van der Waals surface area contributed by atoms with E-state index in [0.717, 1.165) is 55.5 Å². The van der Waals surface area contributed by atoms with E-state index in [9.17, 15) is 0 Å². The Morgan fingerprint density at radius 1 is 0.438 bits per heavy atom. The van der Waals surface area contributed by atoms with E-state index in [2.05, 4.69) is 109 Å². The molecule has 0 aliphatic heterocycles. The summed E-state index contributed by atoms with van der Waals surface area (Å²) in [6, 6.07) is 45.6. The second-order valence-corrected chi connectivity index (χ2v) is 17.5. The zero-order valence-corrected chi connectivity index (χ0v) is 35.1. The van der Waals surface area contributed by atoms with Crippen LogP contribution in [0.4, 0.5) is 0 Å². The average Bonchev–Trinajstić information content (AvgIpc) is 4.20. The number of hydrogen-bond donors (Lipinski definition) is 0. The molecule has 0 unspecified atom stereocenters. The second kappa shape index (κ2) is 15.0. The van der Waals surface area contributed by atoms with Crippen molar-refractivity contribution in [1.82, 2.24) is 49.0 Å². The second-order valence-electron chi connectivity index (χ2n) is 17.5. The van der Waals surface area contributed by atoms with Crippen LogP contribution in [-0.4, -0.2) is 49.0 Å². The van der Waals surface area contributed by atoms with E-state index >= 15 is 0 Å². The van der Waals surface area contributed by atoms with Gasteiger partial charge < -0.3 is 0 Å². The van der Waals surface area contributed by atoms with E-state index in [1.807, 2.05) is 42.5 Å². The Kier molecular flexibility index (Phi) is 8.63. The van der Waals surface area contributed by atoms with Gasteiger partial charge in [-0.2, -0.15) is 9.97 Å². The maximum Gasteiger partial charge on any atom is 0.238 e. The number of aromatic nitrogens is 10. The number of pyridine rings is 1. The van der Waals surface area contributed by atoms with E-state index in [4.69, 9.17) is 24.9 Å². The van der Waals surface area contributed by atoms with E-state index in [1.165, 1.54) is 79.6 Å². The zero-order valence-electron chi connectivity index (χ0n) is 35.1. The molecule has 2 aliphatic rings. The maximum atomic E-state index is 5.32. The van der Waals surface area contributed by atoms with Gasteiger partial charge in [0.15, 0.2) is 17.3 Å². The lowest BCUT2D eigenvalue weighted by Gasteiger charge is -2.12. The summed E-state index contributed by atoms with van der Waals surface area (Å²) in [5, 5.41) is 4.67. The molecule has 10 heteroatoms. The predicted molar refractivity (Wildman–Crippen MR) is 254 cm³/mol. The molecule has 13 rings (SSSR count). The highest BCUT2D eigenvalue weighted by Gasteiger charge is 2.25. The first-order chi connectivity index (χ1) is 31.7. The fourth-order valence-corrected chi connectivity index (χ4v) is 10.5. The van der Waals surface area contributed by atoms with Crippen molar-refractivity contribution in [2.75, 3.05) is 0 Å². The van der Waals surface area contributed by atoms with Crippen LogP contribution in [0.2, 0.25) is 0 Å². The highest BCUT2D eigenvalue weighted by molar-refractivity contribution is 6.19. The van der Waals surface area contributed by atoms with Crippen molar-refractivity contribution in [1.29, 1.82) is 0 Å². The van der Waals surface area contributed by atoms with Gasteiger partial charge in [-0.15, -0.1) is 0 Å². The summed E-state index contributed by atoms with van der Waals surface area (Å²) in [4.78, 5) is 38.9. The normalized spacial score (nSPS) is 14.9. The van der Waals surface area contributed by atoms with E-state index < -0.39 is 0 Å². The minimum atomic E-state index is 0.551. The molecule has 308 valence electrons. The van der Waals surface area contributed by atoms with E-state index in [1.54, 1.807) is 12.4 Å². The summed E-state index contributed by atoms with van der Waals surface area (Å²) in [5.74, 6) is 3.78.